The first kappa shape index (κ1) is 18.6. The average molecular weight is 357 g/mol. The summed E-state index contributed by atoms with van der Waals surface area (Å²) in [5, 5.41) is 11.6. The highest BCUT2D eigenvalue weighted by Crippen LogP contribution is 2.21. The van der Waals surface area contributed by atoms with Crippen molar-refractivity contribution in [2.75, 3.05) is 26.6 Å². The number of hydrogen-bond acceptors (Lipinski definition) is 10. The molecule has 2 heterocycles. The Hall–Kier alpha value is -2.73. The van der Waals surface area contributed by atoms with Crippen LogP contribution in [0.15, 0.2) is 16.8 Å². The van der Waals surface area contributed by atoms with E-state index in [9.17, 15) is 19.7 Å². The first-order valence-corrected chi connectivity index (χ1v) is 7.55. The molecule has 0 aromatic heterocycles. The van der Waals surface area contributed by atoms with Gasteiger partial charge in [-0.3, -0.25) is 14.6 Å². The van der Waals surface area contributed by atoms with Crippen LogP contribution in [-0.2, 0) is 23.9 Å². The summed E-state index contributed by atoms with van der Waals surface area (Å²) in [6, 6.07) is -0.609. The number of nitrogens with one attached hydrogen (secondary N) is 1. The molecular weight excluding hydrogens is 338 g/mol. The van der Waals surface area contributed by atoms with E-state index in [1.807, 2.05) is 0 Å². The smallest absolute Gasteiger partial charge is 0.305 e. The van der Waals surface area contributed by atoms with E-state index in [0.29, 0.717) is 5.70 Å². The SMILES string of the molecule is NC1C=C2C(N=CN2COCCOC(=O)CCCO[N+](=O)[O-])C(=O)N1. The number of hydrogen-bond donors (Lipinski definition) is 2. The molecule has 2 rings (SSSR count). The molecular formula is C13H19N5O7. The van der Waals surface area contributed by atoms with Gasteiger partial charge in [0, 0.05) is 6.42 Å². The zero-order valence-corrected chi connectivity index (χ0v) is 13.3. The van der Waals surface area contributed by atoms with Gasteiger partial charge in [-0.25, -0.2) is 0 Å². The number of carbonyl (C=O) groups is 2. The Balaban J connectivity index is 1.58. The van der Waals surface area contributed by atoms with E-state index in [4.69, 9.17) is 15.2 Å². The Labute approximate surface area is 142 Å². The van der Waals surface area contributed by atoms with E-state index in [1.54, 1.807) is 11.0 Å². The summed E-state index contributed by atoms with van der Waals surface area (Å²) in [5.74, 6) is -0.755. The fourth-order valence-electron chi connectivity index (χ4n) is 2.22. The highest BCUT2D eigenvalue weighted by Gasteiger charge is 2.34. The number of fused-ring (bicyclic) bond motifs is 1. The summed E-state index contributed by atoms with van der Waals surface area (Å²) in [7, 11) is 0. The number of aliphatic imine (C=N–C) groups is 1. The maximum absolute atomic E-state index is 11.7. The maximum atomic E-state index is 11.7. The number of nitrogens with two attached hydrogens (primary N) is 1. The molecule has 25 heavy (non-hydrogen) atoms. The molecule has 12 nitrogen and oxygen atoms in total. The molecule has 2 aliphatic heterocycles. The molecule has 0 aromatic rings. The molecule has 0 saturated carbocycles. The summed E-state index contributed by atoms with van der Waals surface area (Å²) in [4.78, 5) is 42.8. The van der Waals surface area contributed by atoms with Crippen LogP contribution < -0.4 is 11.1 Å². The fourth-order valence-corrected chi connectivity index (χ4v) is 2.22. The normalized spacial score (nSPS) is 21.4. The van der Waals surface area contributed by atoms with Crippen molar-refractivity contribution in [3.05, 3.63) is 21.9 Å². The lowest BCUT2D eigenvalue weighted by atomic mass is 10.1. The van der Waals surface area contributed by atoms with Crippen molar-refractivity contribution in [3.63, 3.8) is 0 Å². The number of esters is 1. The van der Waals surface area contributed by atoms with Crippen LogP contribution in [0, 0.1) is 10.1 Å². The molecule has 3 N–H and O–H groups in total. The maximum Gasteiger partial charge on any atom is 0.305 e. The Bertz CT molecular complexity index is 579. The highest BCUT2D eigenvalue weighted by molar-refractivity contribution is 5.90. The lowest BCUT2D eigenvalue weighted by molar-refractivity contribution is -0.757. The number of carbonyl (C=O) groups excluding carboxylic acids is 2. The fraction of sp³-hybridized carbons (Fsp3) is 0.615. The minimum atomic E-state index is -0.913. The Morgan fingerprint density at radius 3 is 3.00 bits per heavy atom. The third-order valence-electron chi connectivity index (χ3n) is 3.32. The van der Waals surface area contributed by atoms with Gasteiger partial charge in [-0.1, -0.05) is 0 Å². The number of nitrogens with zero attached hydrogens (tertiary/aromatic N) is 3. The first-order chi connectivity index (χ1) is 12.0. The van der Waals surface area contributed by atoms with Crippen molar-refractivity contribution in [3.8, 4) is 0 Å². The van der Waals surface area contributed by atoms with E-state index < -0.39 is 23.3 Å². The highest BCUT2D eigenvalue weighted by atomic mass is 16.9. The van der Waals surface area contributed by atoms with Crippen LogP contribution in [0.1, 0.15) is 12.8 Å². The monoisotopic (exact) mass is 357 g/mol. The largest absolute Gasteiger partial charge is 0.463 e. The van der Waals surface area contributed by atoms with Crippen molar-refractivity contribution in [2.45, 2.75) is 25.0 Å². The summed E-state index contributed by atoms with van der Waals surface area (Å²) in [5.41, 5.74) is 6.34. The zero-order valence-electron chi connectivity index (χ0n) is 13.3. The lowest BCUT2D eigenvalue weighted by Gasteiger charge is -2.26. The molecule has 0 spiro atoms. The molecule has 0 radical (unpaired) electrons. The van der Waals surface area contributed by atoms with Gasteiger partial charge in [0.25, 0.3) is 11.0 Å². The molecule has 0 aromatic carbocycles. The standard InChI is InChI=1S/C13H19N5O7/c14-10-6-9-12(13(20)16-10)15-7-17(9)8-23-4-5-24-11(19)2-1-3-25-18(21)22/h6-7,10,12H,1-5,8,14H2,(H,16,20). The predicted molar refractivity (Wildman–Crippen MR) is 82.3 cm³/mol. The van der Waals surface area contributed by atoms with Gasteiger partial charge < -0.3 is 30.3 Å². The topological polar surface area (TPSA) is 159 Å². The second-order valence-corrected chi connectivity index (χ2v) is 5.18. The summed E-state index contributed by atoms with van der Waals surface area (Å²) in [6.45, 7) is 0.180. The second kappa shape index (κ2) is 8.94. The molecule has 2 aliphatic rings. The van der Waals surface area contributed by atoms with Crippen LogP contribution >= 0.6 is 0 Å². The van der Waals surface area contributed by atoms with E-state index >= 15 is 0 Å². The number of ether oxygens (including phenoxy) is 2. The van der Waals surface area contributed by atoms with Crippen molar-refractivity contribution in [2.24, 2.45) is 10.7 Å². The molecule has 0 saturated heterocycles. The predicted octanol–water partition coefficient (Wildman–Crippen LogP) is -1.50. The van der Waals surface area contributed by atoms with Gasteiger partial charge in [-0.2, -0.15) is 0 Å². The van der Waals surface area contributed by atoms with Gasteiger partial charge in [0.15, 0.2) is 6.04 Å². The van der Waals surface area contributed by atoms with Crippen LogP contribution in [0.3, 0.4) is 0 Å². The summed E-state index contributed by atoms with van der Waals surface area (Å²) >= 11 is 0. The summed E-state index contributed by atoms with van der Waals surface area (Å²) in [6.07, 6.45) is 2.84. The van der Waals surface area contributed by atoms with Crippen LogP contribution in [0.2, 0.25) is 0 Å². The quantitative estimate of drug-likeness (QED) is 0.205. The van der Waals surface area contributed by atoms with Crippen LogP contribution in [0.5, 0.6) is 0 Å². The lowest BCUT2D eigenvalue weighted by Crippen LogP contribution is -2.50. The van der Waals surface area contributed by atoms with E-state index in [2.05, 4.69) is 15.1 Å². The number of amides is 1. The van der Waals surface area contributed by atoms with Crippen LogP contribution in [0.25, 0.3) is 0 Å². The molecule has 12 heteroatoms. The van der Waals surface area contributed by atoms with Crippen LogP contribution in [0.4, 0.5) is 0 Å². The van der Waals surface area contributed by atoms with Crippen molar-refractivity contribution >= 4 is 18.2 Å². The molecule has 2 unspecified atom stereocenters. The number of rotatable bonds is 10. The third-order valence-corrected chi connectivity index (χ3v) is 3.32. The van der Waals surface area contributed by atoms with E-state index in [0.717, 1.165) is 0 Å². The molecule has 0 aliphatic carbocycles. The molecule has 0 fully saturated rings. The average Bonchev–Trinajstić information content (AvgIpc) is 2.94. The summed E-state index contributed by atoms with van der Waals surface area (Å²) < 4.78 is 10.3. The van der Waals surface area contributed by atoms with Crippen molar-refractivity contribution < 1.29 is 29.0 Å². The Kier molecular flexibility index (Phi) is 6.65. The van der Waals surface area contributed by atoms with Crippen molar-refractivity contribution in [1.29, 1.82) is 0 Å². The minimum Gasteiger partial charge on any atom is -0.463 e. The van der Waals surface area contributed by atoms with Gasteiger partial charge in [-0.05, 0) is 12.5 Å². The molecule has 1 amide bonds. The molecule has 0 bridgehead atoms. The third kappa shape index (κ3) is 5.69. The van der Waals surface area contributed by atoms with Crippen LogP contribution in [-0.4, -0.2) is 67.0 Å². The molecule has 138 valence electrons. The Morgan fingerprint density at radius 2 is 2.24 bits per heavy atom. The first-order valence-electron chi connectivity index (χ1n) is 7.55. The van der Waals surface area contributed by atoms with Gasteiger partial charge in [0.1, 0.15) is 13.3 Å². The van der Waals surface area contributed by atoms with E-state index in [-0.39, 0.29) is 45.3 Å². The van der Waals surface area contributed by atoms with Gasteiger partial charge >= 0.3 is 5.97 Å². The van der Waals surface area contributed by atoms with Gasteiger partial charge in [0.2, 0.25) is 0 Å². The minimum absolute atomic E-state index is 0.0220. The second-order valence-electron chi connectivity index (χ2n) is 5.18. The van der Waals surface area contributed by atoms with Gasteiger partial charge in [-0.15, -0.1) is 10.1 Å². The van der Waals surface area contributed by atoms with Gasteiger partial charge in [0.05, 0.1) is 31.4 Å². The zero-order chi connectivity index (χ0) is 18.2. The van der Waals surface area contributed by atoms with E-state index in [1.165, 1.54) is 6.34 Å². The molecule has 2 atom stereocenters. The Morgan fingerprint density at radius 1 is 1.44 bits per heavy atom. The van der Waals surface area contributed by atoms with Crippen molar-refractivity contribution in [1.82, 2.24) is 10.2 Å².